The maximum atomic E-state index is 13.6. The summed E-state index contributed by atoms with van der Waals surface area (Å²) in [4.78, 5) is 2.87. The van der Waals surface area contributed by atoms with E-state index in [4.69, 9.17) is 18.0 Å². The number of hydrogen-bond donors (Lipinski definition) is 1. The van der Waals surface area contributed by atoms with Crippen LogP contribution in [0.25, 0.3) is 0 Å². The molecule has 0 aliphatic carbocycles. The van der Waals surface area contributed by atoms with E-state index in [9.17, 15) is 4.39 Å². The molecule has 104 valence electrons. The Morgan fingerprint density at radius 1 is 1.42 bits per heavy atom. The van der Waals surface area contributed by atoms with Gasteiger partial charge in [0.25, 0.3) is 0 Å². The lowest BCUT2D eigenvalue weighted by molar-refractivity contribution is 0.210. The Balaban J connectivity index is 1.97. The van der Waals surface area contributed by atoms with Crippen molar-refractivity contribution < 1.29 is 4.39 Å². The van der Waals surface area contributed by atoms with Gasteiger partial charge >= 0.3 is 0 Å². The Morgan fingerprint density at radius 2 is 2.05 bits per heavy atom. The SMILES string of the molecule is CSC1(C(N)=S)CCN(Cc2ccccc2F)CC1. The maximum absolute atomic E-state index is 13.6. The summed E-state index contributed by atoms with van der Waals surface area (Å²) >= 11 is 6.94. The quantitative estimate of drug-likeness (QED) is 0.866. The number of nitrogens with zero attached hydrogens (tertiary/aromatic N) is 1. The van der Waals surface area contributed by atoms with Crippen molar-refractivity contribution in [2.45, 2.75) is 24.1 Å². The molecule has 1 heterocycles. The molecular weight excluding hydrogens is 279 g/mol. The molecule has 1 aromatic rings. The van der Waals surface area contributed by atoms with Crippen LogP contribution in [0.5, 0.6) is 0 Å². The lowest BCUT2D eigenvalue weighted by Crippen LogP contribution is -2.49. The highest BCUT2D eigenvalue weighted by Gasteiger charge is 2.36. The Bertz CT molecular complexity index is 457. The predicted molar refractivity (Wildman–Crippen MR) is 83.9 cm³/mol. The van der Waals surface area contributed by atoms with Crippen LogP contribution in [0.15, 0.2) is 24.3 Å². The maximum Gasteiger partial charge on any atom is 0.127 e. The third-order valence-electron chi connectivity index (χ3n) is 3.86. The molecule has 0 spiro atoms. The van der Waals surface area contributed by atoms with Gasteiger partial charge in [-0.15, -0.1) is 0 Å². The molecular formula is C14H19FN2S2. The van der Waals surface area contributed by atoms with Crippen molar-refractivity contribution in [3.8, 4) is 0 Å². The van der Waals surface area contributed by atoms with Gasteiger partial charge in [-0.1, -0.05) is 30.4 Å². The van der Waals surface area contributed by atoms with Gasteiger partial charge in [0.1, 0.15) is 5.82 Å². The number of hydrogen-bond acceptors (Lipinski definition) is 3. The molecule has 19 heavy (non-hydrogen) atoms. The first-order valence-electron chi connectivity index (χ1n) is 6.38. The first-order chi connectivity index (χ1) is 9.07. The molecule has 5 heteroatoms. The van der Waals surface area contributed by atoms with Crippen LogP contribution in [-0.2, 0) is 6.54 Å². The second-order valence-corrected chi connectivity index (χ2v) is 6.56. The summed E-state index contributed by atoms with van der Waals surface area (Å²) in [6, 6.07) is 6.96. The summed E-state index contributed by atoms with van der Waals surface area (Å²) in [5.41, 5.74) is 6.63. The number of thiocarbonyl (C=S) groups is 1. The Kier molecular flexibility index (Phi) is 4.81. The second kappa shape index (κ2) is 6.20. The molecule has 0 aromatic heterocycles. The highest BCUT2D eigenvalue weighted by molar-refractivity contribution is 8.02. The molecule has 1 saturated heterocycles. The Hall–Kier alpha value is -0.650. The van der Waals surface area contributed by atoms with Gasteiger partial charge in [-0.2, -0.15) is 11.8 Å². The molecule has 0 amide bonds. The van der Waals surface area contributed by atoms with E-state index in [0.29, 0.717) is 11.5 Å². The number of piperidine rings is 1. The summed E-state index contributed by atoms with van der Waals surface area (Å²) in [7, 11) is 0. The number of thioether (sulfide) groups is 1. The molecule has 0 saturated carbocycles. The zero-order chi connectivity index (χ0) is 13.9. The Morgan fingerprint density at radius 3 is 2.58 bits per heavy atom. The van der Waals surface area contributed by atoms with E-state index in [0.717, 1.165) is 31.5 Å². The fourth-order valence-electron chi connectivity index (χ4n) is 2.49. The number of nitrogens with two attached hydrogens (primary N) is 1. The first-order valence-corrected chi connectivity index (χ1v) is 8.01. The van der Waals surface area contributed by atoms with Gasteiger partial charge in [0, 0.05) is 25.2 Å². The summed E-state index contributed by atoms with van der Waals surface area (Å²) in [5.74, 6) is -0.126. The molecule has 1 aromatic carbocycles. The molecule has 0 radical (unpaired) electrons. The molecule has 2 rings (SSSR count). The van der Waals surface area contributed by atoms with Crippen LogP contribution in [0.2, 0.25) is 0 Å². The van der Waals surface area contributed by atoms with Crippen molar-refractivity contribution in [3.63, 3.8) is 0 Å². The van der Waals surface area contributed by atoms with Crippen LogP contribution in [0.4, 0.5) is 4.39 Å². The van der Waals surface area contributed by atoms with Crippen LogP contribution < -0.4 is 5.73 Å². The average molecular weight is 298 g/mol. The number of halogens is 1. The van der Waals surface area contributed by atoms with Crippen molar-refractivity contribution in [3.05, 3.63) is 35.6 Å². The smallest absolute Gasteiger partial charge is 0.127 e. The lowest BCUT2D eigenvalue weighted by atomic mass is 9.95. The topological polar surface area (TPSA) is 29.3 Å². The number of rotatable bonds is 4. The average Bonchev–Trinajstić information content (AvgIpc) is 2.42. The molecule has 0 atom stereocenters. The minimum absolute atomic E-state index is 0.0684. The molecule has 1 aliphatic rings. The van der Waals surface area contributed by atoms with Gasteiger partial charge in [0.15, 0.2) is 0 Å². The zero-order valence-electron chi connectivity index (χ0n) is 11.1. The number of likely N-dealkylation sites (tertiary alicyclic amines) is 1. The van der Waals surface area contributed by atoms with Crippen LogP contribution in [-0.4, -0.2) is 34.0 Å². The van der Waals surface area contributed by atoms with Gasteiger partial charge in [0.2, 0.25) is 0 Å². The predicted octanol–water partition coefficient (Wildman–Crippen LogP) is 2.81. The minimum Gasteiger partial charge on any atom is -0.392 e. The lowest BCUT2D eigenvalue weighted by Gasteiger charge is -2.40. The summed E-state index contributed by atoms with van der Waals surface area (Å²) in [6.07, 6.45) is 3.95. The van der Waals surface area contributed by atoms with Crippen LogP contribution in [0.3, 0.4) is 0 Å². The summed E-state index contributed by atoms with van der Waals surface area (Å²) < 4.78 is 13.6. The van der Waals surface area contributed by atoms with Crippen molar-refractivity contribution in [2.75, 3.05) is 19.3 Å². The minimum atomic E-state index is -0.126. The van der Waals surface area contributed by atoms with Gasteiger partial charge in [-0.25, -0.2) is 4.39 Å². The molecule has 2 nitrogen and oxygen atoms in total. The van der Waals surface area contributed by atoms with Crippen molar-refractivity contribution in [1.29, 1.82) is 0 Å². The van der Waals surface area contributed by atoms with Crippen LogP contribution in [0, 0.1) is 5.82 Å². The van der Waals surface area contributed by atoms with Crippen LogP contribution in [0.1, 0.15) is 18.4 Å². The van der Waals surface area contributed by atoms with E-state index in [1.54, 1.807) is 17.8 Å². The first kappa shape index (κ1) is 14.8. The van der Waals surface area contributed by atoms with E-state index in [1.165, 1.54) is 6.07 Å². The van der Waals surface area contributed by atoms with E-state index in [2.05, 4.69) is 11.2 Å². The highest BCUT2D eigenvalue weighted by Crippen LogP contribution is 2.35. The zero-order valence-corrected chi connectivity index (χ0v) is 12.7. The molecule has 2 N–H and O–H groups in total. The Labute approximate surface area is 123 Å². The fraction of sp³-hybridized carbons (Fsp3) is 0.500. The highest BCUT2D eigenvalue weighted by atomic mass is 32.2. The fourth-order valence-corrected chi connectivity index (χ4v) is 3.74. The van der Waals surface area contributed by atoms with Crippen LogP contribution >= 0.6 is 24.0 Å². The summed E-state index contributed by atoms with van der Waals surface area (Å²) in [6.45, 7) is 2.48. The third kappa shape index (κ3) is 3.27. The van der Waals surface area contributed by atoms with Gasteiger partial charge in [-0.3, -0.25) is 4.90 Å². The normalized spacial score (nSPS) is 19.3. The molecule has 1 fully saturated rings. The van der Waals surface area contributed by atoms with Gasteiger partial charge in [-0.05, 0) is 25.2 Å². The summed E-state index contributed by atoms with van der Waals surface area (Å²) in [5, 5.41) is 0. The molecule has 0 bridgehead atoms. The van der Waals surface area contributed by atoms with Crippen molar-refractivity contribution >= 4 is 29.0 Å². The van der Waals surface area contributed by atoms with Crippen molar-refractivity contribution in [2.24, 2.45) is 5.73 Å². The van der Waals surface area contributed by atoms with Crippen molar-refractivity contribution in [1.82, 2.24) is 4.90 Å². The third-order valence-corrected chi connectivity index (χ3v) is 5.78. The standard InChI is InChI=1S/C14H19FN2S2/c1-19-14(13(16)18)6-8-17(9-7-14)10-11-4-2-3-5-12(11)15/h2-5H,6-10H2,1H3,(H2,16,18). The van der Waals surface area contributed by atoms with E-state index in [1.807, 2.05) is 12.1 Å². The van der Waals surface area contributed by atoms with E-state index in [-0.39, 0.29) is 10.6 Å². The number of benzene rings is 1. The largest absolute Gasteiger partial charge is 0.392 e. The second-order valence-electron chi connectivity index (χ2n) is 4.93. The monoisotopic (exact) mass is 298 g/mol. The van der Waals surface area contributed by atoms with Gasteiger partial charge < -0.3 is 5.73 Å². The van der Waals surface area contributed by atoms with E-state index < -0.39 is 0 Å². The molecule has 1 aliphatic heterocycles. The van der Waals surface area contributed by atoms with E-state index >= 15 is 0 Å². The molecule has 0 unspecified atom stereocenters. The van der Waals surface area contributed by atoms with Gasteiger partial charge in [0.05, 0.1) is 9.74 Å².